The van der Waals surface area contributed by atoms with Crippen molar-refractivity contribution in [3.05, 3.63) is 88.4 Å². The van der Waals surface area contributed by atoms with Gasteiger partial charge in [-0.1, -0.05) is 65.8 Å². The second-order valence-electron chi connectivity index (χ2n) is 11.4. The van der Waals surface area contributed by atoms with E-state index >= 15 is 0 Å². The van der Waals surface area contributed by atoms with Gasteiger partial charge in [-0.3, -0.25) is 9.59 Å². The fourth-order valence-corrected chi connectivity index (χ4v) is 7.74. The zero-order chi connectivity index (χ0) is 33.4. The van der Waals surface area contributed by atoms with Crippen LogP contribution in [0.25, 0.3) is 0 Å². The monoisotopic (exact) mass is 687 g/mol. The summed E-state index contributed by atoms with van der Waals surface area (Å²) in [4.78, 5) is 51.2. The van der Waals surface area contributed by atoms with E-state index in [1.54, 1.807) is 68.4 Å². The van der Waals surface area contributed by atoms with Gasteiger partial charge in [0, 0.05) is 17.7 Å². The predicted molar refractivity (Wildman–Crippen MR) is 172 cm³/mol. The van der Waals surface area contributed by atoms with Crippen molar-refractivity contribution in [3.8, 4) is 5.75 Å². The van der Waals surface area contributed by atoms with Crippen molar-refractivity contribution < 1.29 is 41.9 Å². The van der Waals surface area contributed by atoms with E-state index in [9.17, 15) is 32.7 Å². The lowest BCUT2D eigenvalue weighted by Crippen LogP contribution is -2.61. The number of benzene rings is 3. The van der Waals surface area contributed by atoms with Crippen LogP contribution in [0.3, 0.4) is 0 Å². The first kappa shape index (κ1) is 33.4. The highest BCUT2D eigenvalue weighted by atomic mass is 35.5. The maximum absolute atomic E-state index is 13.6. The summed E-state index contributed by atoms with van der Waals surface area (Å²) >= 11 is 7.10. The molecule has 2 heterocycles. The Kier molecular flexibility index (Phi) is 9.47. The molecule has 5 rings (SSSR count). The van der Waals surface area contributed by atoms with Crippen molar-refractivity contribution in [2.24, 2.45) is 11.1 Å². The highest BCUT2D eigenvalue weighted by Crippen LogP contribution is 2.36. The lowest BCUT2D eigenvalue weighted by molar-refractivity contribution is -0.795. The van der Waals surface area contributed by atoms with Crippen molar-refractivity contribution in [1.82, 2.24) is 5.32 Å². The summed E-state index contributed by atoms with van der Waals surface area (Å²) in [7, 11) is -4.13. The molecular formula is C31H32ClN4O8S2+. The van der Waals surface area contributed by atoms with Gasteiger partial charge in [-0.2, -0.15) is 9.28 Å². The van der Waals surface area contributed by atoms with Crippen molar-refractivity contribution >= 4 is 62.1 Å². The Morgan fingerprint density at radius 2 is 1.78 bits per heavy atom. The third-order valence-electron chi connectivity index (χ3n) is 8.19. The number of nitrogens with one attached hydrogen (secondary N) is 2. The molecule has 5 atom stereocenters. The number of anilines is 1. The molecule has 2 aliphatic rings. The molecule has 46 heavy (non-hydrogen) atoms. The number of sulfonamides is 1. The molecule has 3 aromatic rings. The van der Waals surface area contributed by atoms with Crippen LogP contribution in [0.15, 0.2) is 71.6 Å². The SMILES string of the molecule is CC(CSC(=O)c1ccccc1)C(=O)[N@+]1(C(=O)O)C[C@@H](Oc2ccc(C3NC(=O)c4cc(S(N)(=O)=O)c(Cl)cc4N3)cc2)CC1C. The van der Waals surface area contributed by atoms with Gasteiger partial charge in [0.1, 0.15) is 29.4 Å². The van der Waals surface area contributed by atoms with Crippen molar-refractivity contribution in [3.63, 3.8) is 0 Å². The molecule has 3 amide bonds. The number of primary sulfonamides is 1. The van der Waals surface area contributed by atoms with Crippen LogP contribution in [0.2, 0.25) is 5.02 Å². The van der Waals surface area contributed by atoms with Gasteiger partial charge in [0.25, 0.3) is 5.91 Å². The van der Waals surface area contributed by atoms with Gasteiger partial charge < -0.3 is 20.5 Å². The van der Waals surface area contributed by atoms with Crippen LogP contribution < -0.4 is 20.5 Å². The number of carbonyl (C=O) groups excluding carboxylic acids is 3. The molecule has 0 radical (unpaired) electrons. The molecule has 0 aromatic heterocycles. The number of rotatable bonds is 8. The van der Waals surface area contributed by atoms with Crippen LogP contribution >= 0.6 is 23.4 Å². The van der Waals surface area contributed by atoms with E-state index in [-0.39, 0.29) is 32.9 Å². The molecule has 12 nitrogen and oxygen atoms in total. The first-order valence-corrected chi connectivity index (χ1v) is 17.2. The maximum atomic E-state index is 13.6. The number of quaternary nitrogens is 1. The topological polar surface area (TPSA) is 182 Å². The third kappa shape index (κ3) is 6.62. The normalized spacial score (nSPS) is 23.0. The number of halogens is 1. The van der Waals surface area contributed by atoms with Crippen LogP contribution in [0, 0.1) is 5.92 Å². The Labute approximate surface area is 274 Å². The minimum Gasteiger partial charge on any atom is -0.484 e. The Balaban J connectivity index is 1.24. The number of ether oxygens (including phenoxy) is 1. The number of amides is 3. The smallest absolute Gasteiger partial charge is 0.484 e. The maximum Gasteiger partial charge on any atom is 0.521 e. The highest BCUT2D eigenvalue weighted by molar-refractivity contribution is 8.14. The summed E-state index contributed by atoms with van der Waals surface area (Å²) in [6.45, 7) is 3.28. The number of thioether (sulfide) groups is 1. The van der Waals surface area contributed by atoms with E-state index < -0.39 is 56.6 Å². The van der Waals surface area contributed by atoms with E-state index in [0.29, 0.717) is 29.0 Å². The quantitative estimate of drug-likeness (QED) is 0.244. The standard InChI is InChI=1S/C31H31ClN4O8S2/c1-17(16-45-30(39)20-6-4-3-5-7-20)29(38)36(31(40)41)15-22(12-18(36)2)44-21-10-8-19(9-11-21)27-34-25-14-24(32)26(46(33,42)43)13-23(25)28(37)35-27/h3-11,13-14,17-18,22,27H,12,15-16H2,1-2H3,(H4-,33,34,35,37,40,41,42,43)/p+1/t17?,18?,22-,27?,36-/m0/s1. The minimum absolute atomic E-state index is 0.0724. The van der Waals surface area contributed by atoms with Crippen molar-refractivity contribution in [1.29, 1.82) is 0 Å². The molecule has 0 saturated carbocycles. The summed E-state index contributed by atoms with van der Waals surface area (Å²) in [5.74, 6) is -1.11. The minimum atomic E-state index is -4.13. The Bertz CT molecular complexity index is 1810. The first-order valence-electron chi connectivity index (χ1n) is 14.3. The zero-order valence-electron chi connectivity index (χ0n) is 24.8. The Hall–Kier alpha value is -3.95. The van der Waals surface area contributed by atoms with Crippen molar-refractivity contribution in [2.45, 2.75) is 43.5 Å². The number of fused-ring (bicyclic) bond motifs is 1. The van der Waals surface area contributed by atoms with Gasteiger partial charge >= 0.3 is 12.0 Å². The summed E-state index contributed by atoms with van der Waals surface area (Å²) < 4.78 is 28.9. The van der Waals surface area contributed by atoms with Gasteiger partial charge in [-0.15, -0.1) is 0 Å². The summed E-state index contributed by atoms with van der Waals surface area (Å²) in [6, 6.07) is 17.3. The molecule has 15 heteroatoms. The molecule has 0 bridgehead atoms. The van der Waals surface area contributed by atoms with Gasteiger partial charge in [0.05, 0.1) is 22.2 Å². The third-order valence-corrected chi connectivity index (χ3v) is 10.7. The van der Waals surface area contributed by atoms with E-state index in [0.717, 1.165) is 17.8 Å². The number of carbonyl (C=O) groups is 4. The van der Waals surface area contributed by atoms with Crippen LogP contribution in [0.5, 0.6) is 5.75 Å². The summed E-state index contributed by atoms with van der Waals surface area (Å²) in [6.07, 6.45) is -2.18. The second-order valence-corrected chi connectivity index (χ2v) is 14.3. The fraction of sp³-hybridized carbons (Fsp3) is 0.290. The van der Waals surface area contributed by atoms with Crippen LogP contribution in [-0.2, 0) is 14.8 Å². The Morgan fingerprint density at radius 1 is 1.11 bits per heavy atom. The number of hydrogen-bond acceptors (Lipinski definition) is 9. The number of nitrogens with zero attached hydrogens (tertiary/aromatic N) is 1. The van der Waals surface area contributed by atoms with E-state index in [4.69, 9.17) is 21.5 Å². The molecular weight excluding hydrogens is 656 g/mol. The molecule has 0 aliphatic carbocycles. The lowest BCUT2D eigenvalue weighted by Gasteiger charge is -2.31. The van der Waals surface area contributed by atoms with Crippen LogP contribution in [-0.4, -0.2) is 65.5 Å². The number of hydrogen-bond donors (Lipinski definition) is 4. The van der Waals surface area contributed by atoms with Gasteiger partial charge in [0.15, 0.2) is 6.10 Å². The predicted octanol–water partition coefficient (Wildman–Crippen LogP) is 4.61. The number of carboxylic acid groups (broad SMARTS) is 1. The van der Waals surface area contributed by atoms with Gasteiger partial charge in [-0.25, -0.2) is 18.4 Å². The summed E-state index contributed by atoms with van der Waals surface area (Å²) in [5, 5.41) is 21.0. The van der Waals surface area contributed by atoms with E-state index in [1.165, 1.54) is 6.07 Å². The largest absolute Gasteiger partial charge is 0.521 e. The molecule has 3 unspecified atom stereocenters. The van der Waals surface area contributed by atoms with Crippen LogP contribution in [0.1, 0.15) is 52.7 Å². The van der Waals surface area contributed by atoms with Crippen molar-refractivity contribution in [2.75, 3.05) is 17.6 Å². The fourth-order valence-electron chi connectivity index (χ4n) is 5.79. The second kappa shape index (κ2) is 13.0. The first-order chi connectivity index (χ1) is 21.7. The van der Waals surface area contributed by atoms with Gasteiger partial charge in [-0.05, 0) is 43.7 Å². The number of imide groups is 1. The average Bonchev–Trinajstić information content (AvgIpc) is 3.35. The summed E-state index contributed by atoms with van der Waals surface area (Å²) in [5.41, 5.74) is 1.57. The van der Waals surface area contributed by atoms with Crippen LogP contribution in [0.4, 0.5) is 10.5 Å². The van der Waals surface area contributed by atoms with E-state index in [1.807, 2.05) is 0 Å². The van der Waals surface area contributed by atoms with Gasteiger partial charge in [0.2, 0.25) is 15.1 Å². The molecule has 242 valence electrons. The molecule has 3 aromatic carbocycles. The average molecular weight is 688 g/mol. The Morgan fingerprint density at radius 3 is 2.41 bits per heavy atom. The van der Waals surface area contributed by atoms with E-state index in [2.05, 4.69) is 10.6 Å². The molecule has 5 N–H and O–H groups in total. The number of nitrogens with two attached hydrogens (primary N) is 1. The highest BCUT2D eigenvalue weighted by Gasteiger charge is 2.58. The lowest BCUT2D eigenvalue weighted by atomic mass is 10.1. The molecule has 0 spiro atoms. The molecule has 1 fully saturated rings. The zero-order valence-corrected chi connectivity index (χ0v) is 27.2. The molecule has 1 saturated heterocycles. The molecule has 2 aliphatic heterocycles. The number of likely N-dealkylation sites (tertiary alicyclic amines) is 1.